The Kier molecular flexibility index (Phi) is 6.53. The number of fused-ring (bicyclic) bond motifs is 1. The number of hydrogen-bond donors (Lipinski definition) is 1. The predicted molar refractivity (Wildman–Crippen MR) is 155 cm³/mol. The smallest absolute Gasteiger partial charge is 0.339 e. The van der Waals surface area contributed by atoms with Gasteiger partial charge in [-0.05, 0) is 73.4 Å². The van der Waals surface area contributed by atoms with Crippen molar-refractivity contribution in [2.24, 2.45) is 5.92 Å². The van der Waals surface area contributed by atoms with E-state index in [0.29, 0.717) is 39.7 Å². The molecule has 6 rings (SSSR count). The fourth-order valence-electron chi connectivity index (χ4n) is 4.60. The molecule has 3 aromatic carbocycles. The van der Waals surface area contributed by atoms with Crippen LogP contribution in [0.1, 0.15) is 12.8 Å². The van der Waals surface area contributed by atoms with Crippen molar-refractivity contribution in [1.29, 1.82) is 5.26 Å². The quantitative estimate of drug-likeness (QED) is 0.231. The first kappa shape index (κ1) is 25.6. The molecule has 0 saturated heterocycles. The Hall–Kier alpha value is -5.69. The number of hydrogen-bond acceptors (Lipinski definition) is 7. The van der Waals surface area contributed by atoms with Gasteiger partial charge in [-0.3, -0.25) is 9.36 Å². The van der Waals surface area contributed by atoms with Gasteiger partial charge in [-0.1, -0.05) is 30.3 Å². The zero-order chi connectivity index (χ0) is 28.5. The predicted octanol–water partition coefficient (Wildman–Crippen LogP) is 4.77. The molecule has 0 aliphatic heterocycles. The van der Waals surface area contributed by atoms with E-state index in [1.165, 1.54) is 20.4 Å². The molecule has 41 heavy (non-hydrogen) atoms. The van der Waals surface area contributed by atoms with Crippen molar-refractivity contribution in [3.8, 4) is 28.9 Å². The van der Waals surface area contributed by atoms with Crippen LogP contribution < -0.4 is 21.1 Å². The number of aromatic nitrogens is 4. The molecule has 0 radical (unpaired) electrons. The number of carbonyl (C=O) groups is 1. The minimum atomic E-state index is -0.415. The van der Waals surface area contributed by atoms with Crippen LogP contribution >= 0.6 is 0 Å². The molecule has 202 valence electrons. The van der Waals surface area contributed by atoms with Gasteiger partial charge in [0.25, 0.3) is 5.91 Å². The van der Waals surface area contributed by atoms with Crippen LogP contribution in [0, 0.1) is 17.2 Å². The molecule has 1 aliphatic rings. The number of benzene rings is 3. The van der Waals surface area contributed by atoms with E-state index in [9.17, 15) is 14.9 Å². The highest BCUT2D eigenvalue weighted by Gasteiger charge is 2.25. The van der Waals surface area contributed by atoms with Gasteiger partial charge in [-0.25, -0.2) is 19.3 Å². The SMILES string of the molecule is CN(C(=O)/C(C#N)=C/C1CC1)c1cccc(-n2c(=O)n(-c3ccc(Oc4ccccc4)cc3)c3c(N)ncnc32)c1. The summed E-state index contributed by atoms with van der Waals surface area (Å²) < 4.78 is 8.77. The molecular weight excluding hydrogens is 518 g/mol. The molecule has 0 atom stereocenters. The van der Waals surface area contributed by atoms with Crippen LogP contribution in [0.15, 0.2) is 102 Å². The summed E-state index contributed by atoms with van der Waals surface area (Å²) in [6, 6.07) is 25.4. The van der Waals surface area contributed by atoms with Gasteiger partial charge in [-0.2, -0.15) is 5.26 Å². The average molecular weight is 544 g/mol. The Morgan fingerprint density at radius 3 is 2.44 bits per heavy atom. The second-order valence-electron chi connectivity index (χ2n) is 9.71. The van der Waals surface area contributed by atoms with Gasteiger partial charge >= 0.3 is 5.69 Å². The van der Waals surface area contributed by atoms with E-state index < -0.39 is 11.6 Å². The Labute approximate surface area is 235 Å². The van der Waals surface area contributed by atoms with Crippen LogP contribution in [0.25, 0.3) is 22.5 Å². The van der Waals surface area contributed by atoms with Crippen LogP contribution in [0.3, 0.4) is 0 Å². The van der Waals surface area contributed by atoms with Crippen molar-refractivity contribution in [1.82, 2.24) is 19.1 Å². The third kappa shape index (κ3) is 4.92. The number of allylic oxidation sites excluding steroid dienone is 1. The molecule has 0 unspecified atom stereocenters. The van der Waals surface area contributed by atoms with E-state index in [1.807, 2.05) is 36.4 Å². The lowest BCUT2D eigenvalue weighted by atomic mass is 10.2. The molecule has 2 N–H and O–H groups in total. The number of nitrogens with zero attached hydrogens (tertiary/aromatic N) is 6. The van der Waals surface area contributed by atoms with Gasteiger partial charge in [0.05, 0.1) is 11.4 Å². The molecule has 2 heterocycles. The van der Waals surface area contributed by atoms with Gasteiger partial charge < -0.3 is 15.4 Å². The number of imidazole rings is 1. The van der Waals surface area contributed by atoms with Gasteiger partial charge in [0.1, 0.15) is 35.0 Å². The number of nitriles is 1. The van der Waals surface area contributed by atoms with Crippen molar-refractivity contribution in [3.63, 3.8) is 0 Å². The number of nitrogens with two attached hydrogens (primary N) is 1. The van der Waals surface area contributed by atoms with Crippen molar-refractivity contribution in [3.05, 3.63) is 107 Å². The third-order valence-corrected chi connectivity index (χ3v) is 6.88. The summed E-state index contributed by atoms with van der Waals surface area (Å²) in [5.41, 5.74) is 8.15. The van der Waals surface area contributed by atoms with Crippen molar-refractivity contribution < 1.29 is 9.53 Å². The molecule has 0 bridgehead atoms. The van der Waals surface area contributed by atoms with E-state index >= 15 is 0 Å². The maximum atomic E-state index is 14.0. The number of rotatable bonds is 7. The van der Waals surface area contributed by atoms with Gasteiger partial charge in [0, 0.05) is 12.7 Å². The second kappa shape index (κ2) is 10.5. The molecule has 1 saturated carbocycles. The molecule has 10 heteroatoms. The van der Waals surface area contributed by atoms with Crippen molar-refractivity contribution in [2.75, 3.05) is 17.7 Å². The van der Waals surface area contributed by atoms with Gasteiger partial charge in [0.2, 0.25) is 0 Å². The molecule has 5 aromatic rings. The van der Waals surface area contributed by atoms with Crippen LogP contribution in [-0.4, -0.2) is 32.1 Å². The lowest BCUT2D eigenvalue weighted by Gasteiger charge is -2.18. The molecule has 1 amide bonds. The zero-order valence-corrected chi connectivity index (χ0v) is 22.1. The molecule has 2 aromatic heterocycles. The summed E-state index contributed by atoms with van der Waals surface area (Å²) in [7, 11) is 1.60. The van der Waals surface area contributed by atoms with Crippen LogP contribution in [-0.2, 0) is 4.79 Å². The van der Waals surface area contributed by atoms with E-state index in [-0.39, 0.29) is 17.3 Å². The van der Waals surface area contributed by atoms with Crippen LogP contribution in [0.5, 0.6) is 11.5 Å². The minimum Gasteiger partial charge on any atom is -0.457 e. The van der Waals surface area contributed by atoms with Crippen LogP contribution in [0.4, 0.5) is 11.5 Å². The summed E-state index contributed by atoms with van der Waals surface area (Å²) in [6.07, 6.45) is 5.00. The lowest BCUT2D eigenvalue weighted by molar-refractivity contribution is -0.114. The minimum absolute atomic E-state index is 0.106. The van der Waals surface area contributed by atoms with E-state index in [1.54, 1.807) is 61.7 Å². The Balaban J connectivity index is 1.40. The van der Waals surface area contributed by atoms with E-state index in [4.69, 9.17) is 10.5 Å². The molecular formula is C31H25N7O3. The average Bonchev–Trinajstić information content (AvgIpc) is 3.77. The number of likely N-dealkylation sites (N-methyl/N-ethyl adjacent to an activating group) is 1. The van der Waals surface area contributed by atoms with Gasteiger partial charge in [-0.15, -0.1) is 0 Å². The maximum absolute atomic E-state index is 14.0. The summed E-state index contributed by atoms with van der Waals surface area (Å²) in [4.78, 5) is 36.9. The van der Waals surface area contributed by atoms with E-state index in [2.05, 4.69) is 9.97 Å². The molecule has 1 aliphatic carbocycles. The summed E-state index contributed by atoms with van der Waals surface area (Å²) >= 11 is 0. The summed E-state index contributed by atoms with van der Waals surface area (Å²) in [5, 5.41) is 9.54. The zero-order valence-electron chi connectivity index (χ0n) is 22.1. The molecule has 10 nitrogen and oxygen atoms in total. The maximum Gasteiger partial charge on any atom is 0.339 e. The number of anilines is 2. The van der Waals surface area contributed by atoms with Crippen molar-refractivity contribution >= 4 is 28.6 Å². The number of nitrogen functional groups attached to an aromatic ring is 1. The molecule has 1 fully saturated rings. The topological polar surface area (TPSA) is 132 Å². The Morgan fingerprint density at radius 2 is 1.73 bits per heavy atom. The fraction of sp³-hybridized carbons (Fsp3) is 0.129. The number of carbonyl (C=O) groups excluding carboxylic acids is 1. The first-order valence-electron chi connectivity index (χ1n) is 13.0. The normalized spacial score (nSPS) is 13.1. The monoisotopic (exact) mass is 543 g/mol. The Bertz CT molecular complexity index is 1900. The summed E-state index contributed by atoms with van der Waals surface area (Å²) in [5.74, 6) is 1.31. The fourth-order valence-corrected chi connectivity index (χ4v) is 4.60. The van der Waals surface area contributed by atoms with Crippen LogP contribution in [0.2, 0.25) is 0 Å². The first-order chi connectivity index (χ1) is 19.9. The Morgan fingerprint density at radius 1 is 1.00 bits per heavy atom. The largest absolute Gasteiger partial charge is 0.457 e. The molecule has 0 spiro atoms. The highest BCUT2D eigenvalue weighted by atomic mass is 16.5. The number of ether oxygens (including phenoxy) is 1. The third-order valence-electron chi connectivity index (χ3n) is 6.88. The summed E-state index contributed by atoms with van der Waals surface area (Å²) in [6.45, 7) is 0. The number of para-hydroxylation sites is 1. The highest BCUT2D eigenvalue weighted by molar-refractivity contribution is 6.08. The first-order valence-corrected chi connectivity index (χ1v) is 13.0. The van der Waals surface area contributed by atoms with Gasteiger partial charge in [0.15, 0.2) is 11.5 Å². The van der Waals surface area contributed by atoms with Crippen molar-refractivity contribution in [2.45, 2.75) is 12.8 Å². The lowest BCUT2D eigenvalue weighted by Crippen LogP contribution is -2.28. The number of amides is 1. The standard InChI is InChI=1S/C31H25N7O3/c1-36(30(39)21(18-32)16-20-10-11-20)23-6-5-7-24(17-23)38-29-27(28(33)34-19-35-29)37(31(38)40)22-12-14-26(15-13-22)41-25-8-3-2-4-9-25/h2-9,12-17,19-20H,10-11H2,1H3,(H2,33,34,35)/b21-16+. The highest BCUT2D eigenvalue weighted by Crippen LogP contribution is 2.32. The second-order valence-corrected chi connectivity index (χ2v) is 9.71. The van der Waals surface area contributed by atoms with E-state index in [0.717, 1.165) is 12.8 Å².